The fraction of sp³-hybridized carbons (Fsp3) is 0.571. The molecule has 96 valence electrons. The van der Waals surface area contributed by atoms with Crippen LogP contribution in [-0.4, -0.2) is 37.3 Å². The van der Waals surface area contributed by atoms with Gasteiger partial charge in [-0.25, -0.2) is 0 Å². The van der Waals surface area contributed by atoms with Gasteiger partial charge in [-0.2, -0.15) is 0 Å². The minimum Gasteiger partial charge on any atom is -0.494 e. The van der Waals surface area contributed by atoms with Crippen LogP contribution < -0.4 is 4.74 Å². The third kappa shape index (κ3) is 5.20. The Morgan fingerprint density at radius 3 is 2.41 bits per heavy atom. The molecule has 17 heavy (non-hydrogen) atoms. The van der Waals surface area contributed by atoms with Crippen molar-refractivity contribution in [1.82, 2.24) is 4.90 Å². The van der Waals surface area contributed by atoms with Crippen molar-refractivity contribution in [3.63, 3.8) is 0 Å². The molecule has 0 aliphatic rings. The molecule has 1 aromatic carbocycles. The Bertz CT molecular complexity index is 309. The van der Waals surface area contributed by atoms with E-state index in [0.29, 0.717) is 0 Å². The van der Waals surface area contributed by atoms with E-state index in [-0.39, 0.29) is 6.10 Å². The van der Waals surface area contributed by atoms with E-state index in [1.54, 1.807) is 0 Å². The molecule has 1 rings (SSSR count). The van der Waals surface area contributed by atoms with E-state index in [9.17, 15) is 5.11 Å². The second kappa shape index (κ2) is 7.30. The number of hydrogen-bond donors (Lipinski definition) is 1. The van der Waals surface area contributed by atoms with Crippen LogP contribution in [0.15, 0.2) is 24.3 Å². The van der Waals surface area contributed by atoms with E-state index in [1.807, 2.05) is 31.2 Å². The quantitative estimate of drug-likeness (QED) is 0.739. The largest absolute Gasteiger partial charge is 0.494 e. The maximum atomic E-state index is 9.65. The van der Waals surface area contributed by atoms with Crippen LogP contribution in [0.5, 0.6) is 5.75 Å². The summed E-state index contributed by atoms with van der Waals surface area (Å²) in [5.74, 6) is 0.871. The fourth-order valence-corrected chi connectivity index (χ4v) is 1.59. The summed E-state index contributed by atoms with van der Waals surface area (Å²) in [6.07, 6.45) is 1.40. The van der Waals surface area contributed by atoms with E-state index in [4.69, 9.17) is 4.74 Å². The summed E-state index contributed by atoms with van der Waals surface area (Å²) in [7, 11) is 4.11. The van der Waals surface area contributed by atoms with Gasteiger partial charge in [0, 0.05) is 6.54 Å². The first kappa shape index (κ1) is 14.0. The maximum absolute atomic E-state index is 9.65. The zero-order valence-electron chi connectivity index (χ0n) is 11.0. The van der Waals surface area contributed by atoms with E-state index in [2.05, 4.69) is 19.0 Å². The fourth-order valence-electron chi connectivity index (χ4n) is 1.59. The van der Waals surface area contributed by atoms with Crippen molar-refractivity contribution in [2.75, 3.05) is 27.2 Å². The van der Waals surface area contributed by atoms with E-state index >= 15 is 0 Å². The number of aliphatic hydroxyl groups is 1. The molecule has 3 nitrogen and oxygen atoms in total. The number of aliphatic hydroxyl groups excluding tert-OH is 1. The Morgan fingerprint density at radius 1 is 1.24 bits per heavy atom. The van der Waals surface area contributed by atoms with Gasteiger partial charge in [-0.05, 0) is 44.6 Å². The molecule has 0 spiro atoms. The second-order valence-electron chi connectivity index (χ2n) is 4.50. The van der Waals surface area contributed by atoms with Crippen LogP contribution in [0.25, 0.3) is 0 Å². The average Bonchev–Trinajstić information content (AvgIpc) is 2.34. The molecule has 0 bridgehead atoms. The van der Waals surface area contributed by atoms with Gasteiger partial charge >= 0.3 is 0 Å². The van der Waals surface area contributed by atoms with E-state index in [0.717, 1.165) is 37.3 Å². The molecule has 1 atom stereocenters. The molecule has 1 N–H and O–H groups in total. The first-order valence-corrected chi connectivity index (χ1v) is 6.19. The number of rotatable bonds is 7. The van der Waals surface area contributed by atoms with Crippen molar-refractivity contribution < 1.29 is 9.84 Å². The highest BCUT2D eigenvalue weighted by atomic mass is 16.5. The molecule has 0 fully saturated rings. The smallest absolute Gasteiger partial charge is 0.119 e. The summed E-state index contributed by atoms with van der Waals surface area (Å²) in [4.78, 5) is 2.14. The number of benzene rings is 1. The average molecular weight is 237 g/mol. The van der Waals surface area contributed by atoms with Crippen LogP contribution in [0.3, 0.4) is 0 Å². The lowest BCUT2D eigenvalue weighted by molar-refractivity contribution is 0.173. The molecular weight excluding hydrogens is 214 g/mol. The van der Waals surface area contributed by atoms with Crippen LogP contribution in [0, 0.1) is 0 Å². The van der Waals surface area contributed by atoms with Gasteiger partial charge in [0.25, 0.3) is 0 Å². The predicted octanol–water partition coefficient (Wildman–Crippen LogP) is 2.46. The zero-order valence-corrected chi connectivity index (χ0v) is 11.0. The summed E-state index contributed by atoms with van der Waals surface area (Å²) in [6.45, 7) is 3.73. The van der Waals surface area contributed by atoms with Gasteiger partial charge in [0.1, 0.15) is 5.75 Å². The first-order chi connectivity index (χ1) is 8.13. The van der Waals surface area contributed by atoms with Crippen LogP contribution in [0.2, 0.25) is 0 Å². The summed E-state index contributed by atoms with van der Waals surface area (Å²) < 4.78 is 5.62. The van der Waals surface area contributed by atoms with E-state index in [1.165, 1.54) is 0 Å². The van der Waals surface area contributed by atoms with Gasteiger partial charge < -0.3 is 14.7 Å². The molecule has 0 aliphatic carbocycles. The highest BCUT2D eigenvalue weighted by Gasteiger charge is 2.04. The van der Waals surface area contributed by atoms with Crippen LogP contribution in [0.1, 0.15) is 31.4 Å². The minimum atomic E-state index is -0.363. The Balaban J connectivity index is 2.35. The van der Waals surface area contributed by atoms with Gasteiger partial charge in [-0.3, -0.25) is 0 Å². The molecule has 0 heterocycles. The predicted molar refractivity (Wildman–Crippen MR) is 70.4 cm³/mol. The lowest BCUT2D eigenvalue weighted by atomic mass is 10.1. The summed E-state index contributed by atoms with van der Waals surface area (Å²) in [6, 6.07) is 7.69. The van der Waals surface area contributed by atoms with Gasteiger partial charge in [0.05, 0.1) is 12.7 Å². The maximum Gasteiger partial charge on any atom is 0.119 e. The monoisotopic (exact) mass is 237 g/mol. The van der Waals surface area contributed by atoms with E-state index < -0.39 is 0 Å². The molecule has 0 unspecified atom stereocenters. The Labute approximate surface area is 104 Å². The Kier molecular flexibility index (Phi) is 6.01. The molecule has 3 heteroatoms. The highest BCUT2D eigenvalue weighted by molar-refractivity contribution is 5.28. The molecule has 1 aromatic rings. The lowest BCUT2D eigenvalue weighted by Gasteiger charge is -2.11. The summed E-state index contributed by atoms with van der Waals surface area (Å²) >= 11 is 0. The molecule has 0 aliphatic heterocycles. The molecule has 0 aromatic heterocycles. The van der Waals surface area contributed by atoms with Gasteiger partial charge in [-0.15, -0.1) is 0 Å². The first-order valence-electron chi connectivity index (χ1n) is 6.19. The standard InChI is InChI=1S/C14H23NO2/c1-4-14(16)12-6-8-13(9-7-12)17-11-5-10-15(2)3/h6-9,14,16H,4-5,10-11H2,1-3H3/t14-/m1/s1. The third-order valence-corrected chi connectivity index (χ3v) is 2.67. The number of ether oxygens (including phenoxy) is 1. The van der Waals surface area contributed by atoms with Crippen molar-refractivity contribution in [2.24, 2.45) is 0 Å². The molecular formula is C14H23NO2. The van der Waals surface area contributed by atoms with Crippen LogP contribution in [-0.2, 0) is 0 Å². The van der Waals surface area contributed by atoms with Crippen molar-refractivity contribution in [1.29, 1.82) is 0 Å². The second-order valence-corrected chi connectivity index (χ2v) is 4.50. The Morgan fingerprint density at radius 2 is 1.88 bits per heavy atom. The van der Waals surface area contributed by atoms with Crippen molar-refractivity contribution in [3.05, 3.63) is 29.8 Å². The zero-order chi connectivity index (χ0) is 12.7. The third-order valence-electron chi connectivity index (χ3n) is 2.67. The number of hydrogen-bond acceptors (Lipinski definition) is 3. The van der Waals surface area contributed by atoms with Gasteiger partial charge in [-0.1, -0.05) is 19.1 Å². The lowest BCUT2D eigenvalue weighted by Crippen LogP contribution is -2.15. The normalized spacial score (nSPS) is 12.8. The summed E-state index contributed by atoms with van der Waals surface area (Å²) in [5, 5.41) is 9.65. The Hall–Kier alpha value is -1.06. The molecule has 0 amide bonds. The molecule has 0 radical (unpaired) electrons. The molecule has 0 saturated heterocycles. The molecule has 0 saturated carbocycles. The summed E-state index contributed by atoms with van der Waals surface area (Å²) in [5.41, 5.74) is 0.952. The SMILES string of the molecule is CC[C@@H](O)c1ccc(OCCCN(C)C)cc1. The topological polar surface area (TPSA) is 32.7 Å². The van der Waals surface area contributed by atoms with Gasteiger partial charge in [0.15, 0.2) is 0 Å². The van der Waals surface area contributed by atoms with Gasteiger partial charge in [0.2, 0.25) is 0 Å². The van der Waals surface area contributed by atoms with Crippen molar-refractivity contribution >= 4 is 0 Å². The number of nitrogens with zero attached hydrogens (tertiary/aromatic N) is 1. The highest BCUT2D eigenvalue weighted by Crippen LogP contribution is 2.19. The van der Waals surface area contributed by atoms with Crippen molar-refractivity contribution in [3.8, 4) is 5.75 Å². The minimum absolute atomic E-state index is 0.363. The van der Waals surface area contributed by atoms with Crippen LogP contribution in [0.4, 0.5) is 0 Å². The van der Waals surface area contributed by atoms with Crippen molar-refractivity contribution in [2.45, 2.75) is 25.9 Å². The van der Waals surface area contributed by atoms with Crippen LogP contribution >= 0.6 is 0 Å².